The van der Waals surface area contributed by atoms with E-state index in [2.05, 4.69) is 26.4 Å². The number of nitrogen functional groups attached to an aromatic ring is 1. The lowest BCUT2D eigenvalue weighted by molar-refractivity contribution is 0.863. The zero-order valence-electron chi connectivity index (χ0n) is 10.8. The zero-order chi connectivity index (χ0) is 13.8. The molecule has 0 aliphatic heterocycles. The van der Waals surface area contributed by atoms with Crippen molar-refractivity contribution in [2.45, 2.75) is 6.54 Å². The van der Waals surface area contributed by atoms with Gasteiger partial charge in [0, 0.05) is 25.0 Å². The second-order valence-corrected chi connectivity index (χ2v) is 4.26. The molecule has 0 fully saturated rings. The second kappa shape index (κ2) is 5.40. The number of rotatable bonds is 4. The molecule has 0 radical (unpaired) electrons. The molecule has 0 unspecified atom stereocenters. The van der Waals surface area contributed by atoms with Gasteiger partial charge in [-0.1, -0.05) is 18.2 Å². The van der Waals surface area contributed by atoms with Gasteiger partial charge in [-0.3, -0.25) is 0 Å². The van der Waals surface area contributed by atoms with E-state index in [-0.39, 0.29) is 0 Å². The summed E-state index contributed by atoms with van der Waals surface area (Å²) in [7, 11) is 0. The van der Waals surface area contributed by atoms with Gasteiger partial charge in [0.15, 0.2) is 0 Å². The fraction of sp³-hybridized carbons (Fsp3) is 0.0714. The molecule has 2 aromatic heterocycles. The lowest BCUT2D eigenvalue weighted by atomic mass is 10.2. The molecule has 3 N–H and O–H groups in total. The van der Waals surface area contributed by atoms with E-state index in [0.29, 0.717) is 18.2 Å². The van der Waals surface area contributed by atoms with Crippen molar-refractivity contribution in [3.63, 3.8) is 0 Å². The average molecular weight is 266 g/mol. The van der Waals surface area contributed by atoms with Crippen LogP contribution in [0.2, 0.25) is 0 Å². The molecule has 0 amide bonds. The average Bonchev–Trinajstić information content (AvgIpc) is 3.00. The molecule has 1 aromatic carbocycles. The molecule has 2 heterocycles. The first-order chi connectivity index (χ1) is 9.83. The molecule has 0 saturated carbocycles. The number of nitrogens with one attached hydrogen (secondary N) is 1. The Morgan fingerprint density at radius 2 is 2.05 bits per heavy atom. The Morgan fingerprint density at radius 3 is 2.85 bits per heavy atom. The lowest BCUT2D eigenvalue weighted by Crippen LogP contribution is -2.07. The van der Waals surface area contributed by atoms with Crippen molar-refractivity contribution in [2.24, 2.45) is 0 Å². The van der Waals surface area contributed by atoms with Crippen molar-refractivity contribution >= 4 is 11.6 Å². The summed E-state index contributed by atoms with van der Waals surface area (Å²) in [6, 6.07) is 11.7. The molecule has 3 rings (SSSR count). The molecule has 0 spiro atoms. The summed E-state index contributed by atoms with van der Waals surface area (Å²) in [6.45, 7) is 0.631. The third-order valence-electron chi connectivity index (χ3n) is 2.89. The van der Waals surface area contributed by atoms with Gasteiger partial charge in [0.25, 0.3) is 0 Å². The number of aromatic nitrogens is 4. The second-order valence-electron chi connectivity index (χ2n) is 4.26. The minimum Gasteiger partial charge on any atom is -0.384 e. The summed E-state index contributed by atoms with van der Waals surface area (Å²) in [6.07, 6.45) is 5.12. The Kier molecular flexibility index (Phi) is 3.28. The van der Waals surface area contributed by atoms with Gasteiger partial charge in [0.1, 0.15) is 18.0 Å². The first kappa shape index (κ1) is 12.2. The predicted molar refractivity (Wildman–Crippen MR) is 77.3 cm³/mol. The number of nitrogens with zero attached hydrogens (tertiary/aromatic N) is 4. The van der Waals surface area contributed by atoms with Crippen LogP contribution in [0.3, 0.4) is 0 Å². The van der Waals surface area contributed by atoms with Gasteiger partial charge in [-0.2, -0.15) is 5.10 Å². The Bertz CT molecular complexity index is 692. The van der Waals surface area contributed by atoms with E-state index in [1.807, 2.05) is 35.1 Å². The molecule has 0 aliphatic carbocycles. The number of hydrogen-bond acceptors (Lipinski definition) is 5. The third kappa shape index (κ3) is 2.59. The SMILES string of the molecule is Nc1cc(NCc2ccccc2-n2cccn2)ncn1. The van der Waals surface area contributed by atoms with Crippen molar-refractivity contribution in [3.8, 4) is 5.69 Å². The Balaban J connectivity index is 1.81. The van der Waals surface area contributed by atoms with Crippen LogP contribution in [-0.4, -0.2) is 19.7 Å². The highest BCUT2D eigenvalue weighted by atomic mass is 15.3. The summed E-state index contributed by atoms with van der Waals surface area (Å²) >= 11 is 0. The topological polar surface area (TPSA) is 81.6 Å². The number of hydrogen-bond donors (Lipinski definition) is 2. The smallest absolute Gasteiger partial charge is 0.131 e. The molecule has 20 heavy (non-hydrogen) atoms. The lowest BCUT2D eigenvalue weighted by Gasteiger charge is -2.11. The molecular formula is C14H14N6. The first-order valence-electron chi connectivity index (χ1n) is 6.22. The Hall–Kier alpha value is -2.89. The summed E-state index contributed by atoms with van der Waals surface area (Å²) in [5, 5.41) is 7.49. The number of para-hydroxylation sites is 1. The van der Waals surface area contributed by atoms with Crippen LogP contribution in [0.25, 0.3) is 5.69 Å². The van der Waals surface area contributed by atoms with Crippen molar-refractivity contribution in [3.05, 3.63) is 60.7 Å². The van der Waals surface area contributed by atoms with Gasteiger partial charge >= 0.3 is 0 Å². The van der Waals surface area contributed by atoms with Gasteiger partial charge in [-0.25, -0.2) is 14.6 Å². The first-order valence-corrected chi connectivity index (χ1v) is 6.22. The quantitative estimate of drug-likeness (QED) is 0.753. The fourth-order valence-corrected chi connectivity index (χ4v) is 1.95. The van der Waals surface area contributed by atoms with Crippen LogP contribution in [0, 0.1) is 0 Å². The summed E-state index contributed by atoms with van der Waals surface area (Å²) in [5.41, 5.74) is 7.78. The minimum atomic E-state index is 0.447. The van der Waals surface area contributed by atoms with Crippen LogP contribution < -0.4 is 11.1 Å². The molecule has 6 heteroatoms. The van der Waals surface area contributed by atoms with Crippen LogP contribution in [-0.2, 0) is 6.54 Å². The maximum absolute atomic E-state index is 5.63. The molecule has 3 aromatic rings. The maximum Gasteiger partial charge on any atom is 0.131 e. The van der Waals surface area contributed by atoms with Crippen molar-refractivity contribution in [1.29, 1.82) is 0 Å². The highest BCUT2D eigenvalue weighted by molar-refractivity contribution is 5.46. The normalized spacial score (nSPS) is 10.4. The van der Waals surface area contributed by atoms with Crippen molar-refractivity contribution in [2.75, 3.05) is 11.1 Å². The molecule has 0 atom stereocenters. The third-order valence-corrected chi connectivity index (χ3v) is 2.89. The summed E-state index contributed by atoms with van der Waals surface area (Å²) in [4.78, 5) is 7.99. The molecular weight excluding hydrogens is 252 g/mol. The zero-order valence-corrected chi connectivity index (χ0v) is 10.8. The molecule has 6 nitrogen and oxygen atoms in total. The summed E-state index contributed by atoms with van der Waals surface area (Å²) < 4.78 is 1.84. The molecule has 0 aliphatic rings. The summed E-state index contributed by atoms with van der Waals surface area (Å²) in [5.74, 6) is 1.15. The molecule has 0 saturated heterocycles. The van der Waals surface area contributed by atoms with Gasteiger partial charge in [-0.15, -0.1) is 0 Å². The highest BCUT2D eigenvalue weighted by Gasteiger charge is 2.04. The van der Waals surface area contributed by atoms with Crippen LogP contribution in [0.15, 0.2) is 55.1 Å². The number of anilines is 2. The van der Waals surface area contributed by atoms with E-state index >= 15 is 0 Å². The van der Waals surface area contributed by atoms with E-state index in [4.69, 9.17) is 5.73 Å². The van der Waals surface area contributed by atoms with Crippen molar-refractivity contribution < 1.29 is 0 Å². The van der Waals surface area contributed by atoms with Crippen molar-refractivity contribution in [1.82, 2.24) is 19.7 Å². The Labute approximate surface area is 116 Å². The largest absolute Gasteiger partial charge is 0.384 e. The van der Waals surface area contributed by atoms with Crippen LogP contribution in [0.5, 0.6) is 0 Å². The minimum absolute atomic E-state index is 0.447. The van der Waals surface area contributed by atoms with E-state index < -0.39 is 0 Å². The monoisotopic (exact) mass is 266 g/mol. The van der Waals surface area contributed by atoms with E-state index in [1.54, 1.807) is 12.3 Å². The van der Waals surface area contributed by atoms with Gasteiger partial charge in [0.05, 0.1) is 5.69 Å². The van der Waals surface area contributed by atoms with E-state index in [9.17, 15) is 0 Å². The number of benzene rings is 1. The van der Waals surface area contributed by atoms with E-state index in [0.717, 1.165) is 11.3 Å². The van der Waals surface area contributed by atoms with Crippen LogP contribution in [0.1, 0.15) is 5.56 Å². The maximum atomic E-state index is 5.63. The fourth-order valence-electron chi connectivity index (χ4n) is 1.95. The van der Waals surface area contributed by atoms with Gasteiger partial charge in [-0.05, 0) is 17.7 Å². The highest BCUT2D eigenvalue weighted by Crippen LogP contribution is 2.15. The predicted octanol–water partition coefficient (Wildman–Crippen LogP) is 1.86. The number of nitrogens with two attached hydrogens (primary N) is 1. The molecule has 100 valence electrons. The Morgan fingerprint density at radius 1 is 1.15 bits per heavy atom. The standard InChI is InChI=1S/C14H14N6/c15-13-8-14(18-10-17-13)16-9-11-4-1-2-5-12(11)20-7-3-6-19-20/h1-8,10H,9H2,(H3,15,16,17,18). The van der Waals surface area contributed by atoms with Gasteiger partial charge < -0.3 is 11.1 Å². The van der Waals surface area contributed by atoms with E-state index in [1.165, 1.54) is 6.33 Å². The van der Waals surface area contributed by atoms with Gasteiger partial charge in [0.2, 0.25) is 0 Å². The van der Waals surface area contributed by atoms with Crippen LogP contribution >= 0.6 is 0 Å². The molecule has 0 bridgehead atoms. The van der Waals surface area contributed by atoms with Crippen LogP contribution in [0.4, 0.5) is 11.6 Å².